The quantitative estimate of drug-likeness (QED) is 0.377. The van der Waals surface area contributed by atoms with Gasteiger partial charge in [0.25, 0.3) is 5.91 Å². The molecule has 0 aromatic heterocycles. The molecule has 3 aliphatic heterocycles. The maximum absolute atomic E-state index is 14.4. The van der Waals surface area contributed by atoms with Crippen molar-refractivity contribution in [1.82, 2.24) is 4.90 Å². The van der Waals surface area contributed by atoms with Gasteiger partial charge in [-0.2, -0.15) is 0 Å². The van der Waals surface area contributed by atoms with E-state index in [1.807, 2.05) is 13.8 Å². The van der Waals surface area contributed by atoms with Crippen LogP contribution in [0.3, 0.4) is 0 Å². The Kier molecular flexibility index (Phi) is 7.78. The first-order chi connectivity index (χ1) is 17.2. The lowest BCUT2D eigenvalue weighted by molar-refractivity contribution is -0.155. The highest BCUT2D eigenvalue weighted by Gasteiger charge is 2.75. The Morgan fingerprint density at radius 3 is 2.72 bits per heavy atom. The molecule has 1 aromatic carbocycles. The number of likely N-dealkylation sites (tertiary alicyclic amines) is 1. The largest absolute Gasteiger partial charge is 0.466 e. The van der Waals surface area contributed by atoms with Crippen molar-refractivity contribution in [2.45, 2.75) is 63.8 Å². The minimum atomic E-state index is -1.18. The number of aliphatic hydroxyl groups is 1. The van der Waals surface area contributed by atoms with Gasteiger partial charge < -0.3 is 24.4 Å². The Bertz CT molecular complexity index is 1030. The summed E-state index contributed by atoms with van der Waals surface area (Å²) in [6.07, 6.45) is 2.62. The van der Waals surface area contributed by atoms with Crippen LogP contribution in [0.1, 0.15) is 40.0 Å². The molecule has 3 heterocycles. The highest BCUT2D eigenvalue weighted by Crippen LogP contribution is 2.59. The van der Waals surface area contributed by atoms with Crippen LogP contribution in [0, 0.1) is 17.8 Å². The molecule has 0 radical (unpaired) electrons. The standard InChI is InChI=1S/C27H35ClN2O6/c1-5-13-29(19-10-8-7-9-18(19)28)25(33)23-27-12-11-20(36-27)21(26(34)35-6-2)22(27)24(32)30(23)17(15-31)14-16(3)4/h5,7-10,16-17,20-23,31H,1,6,11-15H2,2-4H3/t17-,20+,21-,22-,23+,27-/m1/s1. The summed E-state index contributed by atoms with van der Waals surface area (Å²) in [7, 11) is 0. The van der Waals surface area contributed by atoms with E-state index in [2.05, 4.69) is 6.58 Å². The van der Waals surface area contributed by atoms with Gasteiger partial charge in [0, 0.05) is 6.54 Å². The number of aliphatic hydroxyl groups excluding tert-OH is 1. The molecule has 3 fully saturated rings. The normalized spacial score (nSPS) is 29.4. The van der Waals surface area contributed by atoms with Crippen molar-refractivity contribution in [2.24, 2.45) is 17.8 Å². The number of carbonyl (C=O) groups excluding carboxylic acids is 3. The number of rotatable bonds is 10. The lowest BCUT2D eigenvalue weighted by Gasteiger charge is -2.39. The zero-order valence-electron chi connectivity index (χ0n) is 21.1. The van der Waals surface area contributed by atoms with Crippen LogP contribution in [0.4, 0.5) is 5.69 Å². The van der Waals surface area contributed by atoms with E-state index in [-0.39, 0.29) is 37.5 Å². The number of amides is 2. The Balaban J connectivity index is 1.83. The minimum Gasteiger partial charge on any atom is -0.466 e. The molecule has 8 nitrogen and oxygen atoms in total. The molecule has 0 aliphatic carbocycles. The first-order valence-corrected chi connectivity index (χ1v) is 13.0. The average molecular weight is 519 g/mol. The fourth-order valence-corrected chi connectivity index (χ4v) is 6.58. The Morgan fingerprint density at radius 1 is 1.39 bits per heavy atom. The number of anilines is 1. The fourth-order valence-electron chi connectivity index (χ4n) is 6.34. The highest BCUT2D eigenvalue weighted by atomic mass is 35.5. The lowest BCUT2D eigenvalue weighted by atomic mass is 9.70. The predicted molar refractivity (Wildman–Crippen MR) is 135 cm³/mol. The second-order valence-electron chi connectivity index (χ2n) is 10.2. The summed E-state index contributed by atoms with van der Waals surface area (Å²) in [5.41, 5.74) is -0.684. The lowest BCUT2D eigenvalue weighted by Crippen LogP contribution is -2.59. The van der Waals surface area contributed by atoms with E-state index in [9.17, 15) is 19.5 Å². The Hall–Kier alpha value is -2.42. The molecule has 4 rings (SSSR count). The van der Waals surface area contributed by atoms with E-state index < -0.39 is 41.6 Å². The van der Waals surface area contributed by atoms with Crippen LogP contribution in [0.5, 0.6) is 0 Å². The second kappa shape index (κ2) is 10.5. The molecule has 0 saturated carbocycles. The predicted octanol–water partition coefficient (Wildman–Crippen LogP) is 3.20. The van der Waals surface area contributed by atoms with Crippen LogP contribution in [-0.4, -0.2) is 71.3 Å². The molecule has 3 saturated heterocycles. The van der Waals surface area contributed by atoms with Crippen molar-refractivity contribution in [3.05, 3.63) is 41.9 Å². The maximum atomic E-state index is 14.4. The monoisotopic (exact) mass is 518 g/mol. The van der Waals surface area contributed by atoms with Gasteiger partial charge >= 0.3 is 5.97 Å². The third-order valence-corrected chi connectivity index (χ3v) is 7.92. The molecule has 3 aliphatic rings. The molecule has 2 bridgehead atoms. The zero-order chi connectivity index (χ0) is 26.2. The van der Waals surface area contributed by atoms with E-state index in [1.54, 1.807) is 37.3 Å². The van der Waals surface area contributed by atoms with E-state index >= 15 is 0 Å². The molecule has 9 heteroatoms. The Morgan fingerprint density at radius 2 is 2.11 bits per heavy atom. The molecule has 196 valence electrons. The summed E-state index contributed by atoms with van der Waals surface area (Å²) < 4.78 is 11.8. The zero-order valence-corrected chi connectivity index (χ0v) is 21.8. The van der Waals surface area contributed by atoms with Gasteiger partial charge in [0.2, 0.25) is 5.91 Å². The van der Waals surface area contributed by atoms with Crippen molar-refractivity contribution < 1.29 is 29.0 Å². The first kappa shape index (κ1) is 26.6. The third-order valence-electron chi connectivity index (χ3n) is 7.60. The minimum absolute atomic E-state index is 0.162. The number of hydrogen-bond acceptors (Lipinski definition) is 6. The molecular weight excluding hydrogens is 484 g/mol. The number of nitrogens with zero attached hydrogens (tertiary/aromatic N) is 2. The Labute approximate surface area is 217 Å². The van der Waals surface area contributed by atoms with E-state index in [0.29, 0.717) is 30.0 Å². The highest BCUT2D eigenvalue weighted by molar-refractivity contribution is 6.34. The van der Waals surface area contributed by atoms with Gasteiger partial charge in [-0.25, -0.2) is 0 Å². The van der Waals surface area contributed by atoms with E-state index in [4.69, 9.17) is 21.1 Å². The third kappa shape index (κ3) is 4.23. The van der Waals surface area contributed by atoms with Crippen molar-refractivity contribution in [3.63, 3.8) is 0 Å². The van der Waals surface area contributed by atoms with E-state index in [1.165, 1.54) is 9.80 Å². The number of ether oxygens (including phenoxy) is 2. The topological polar surface area (TPSA) is 96.4 Å². The van der Waals surface area contributed by atoms with Crippen LogP contribution in [0.15, 0.2) is 36.9 Å². The molecule has 36 heavy (non-hydrogen) atoms. The van der Waals surface area contributed by atoms with E-state index in [0.717, 1.165) is 0 Å². The van der Waals surface area contributed by atoms with Gasteiger partial charge in [-0.05, 0) is 44.2 Å². The maximum Gasteiger partial charge on any atom is 0.312 e. The van der Waals surface area contributed by atoms with Gasteiger partial charge in [0.05, 0.1) is 47.9 Å². The van der Waals surface area contributed by atoms with Crippen molar-refractivity contribution >= 4 is 35.1 Å². The summed E-state index contributed by atoms with van der Waals surface area (Å²) in [5, 5.41) is 10.7. The second-order valence-corrected chi connectivity index (χ2v) is 10.6. The summed E-state index contributed by atoms with van der Waals surface area (Å²) in [6.45, 7) is 9.57. The van der Waals surface area contributed by atoms with Crippen LogP contribution in [0.25, 0.3) is 0 Å². The smallest absolute Gasteiger partial charge is 0.312 e. The number of esters is 1. The van der Waals surface area contributed by atoms with Crippen molar-refractivity contribution in [2.75, 3.05) is 24.7 Å². The number of para-hydroxylation sites is 1. The van der Waals surface area contributed by atoms with Gasteiger partial charge in [-0.3, -0.25) is 14.4 Å². The fraction of sp³-hybridized carbons (Fsp3) is 0.593. The SMILES string of the molecule is C=CCN(C(=O)[C@@H]1N([C@@H](CO)CC(C)C)C(=O)[C@H]2[C@H](C(=O)OCC)[C@@H]3CC[C@]12O3)c1ccccc1Cl. The molecule has 1 N–H and O–H groups in total. The van der Waals surface area contributed by atoms with Gasteiger partial charge in [-0.15, -0.1) is 6.58 Å². The van der Waals surface area contributed by atoms with Gasteiger partial charge in [-0.1, -0.05) is 43.7 Å². The summed E-state index contributed by atoms with van der Waals surface area (Å²) >= 11 is 6.48. The van der Waals surface area contributed by atoms with Gasteiger partial charge in [0.1, 0.15) is 11.6 Å². The van der Waals surface area contributed by atoms with Crippen LogP contribution >= 0.6 is 11.6 Å². The molecule has 2 amide bonds. The summed E-state index contributed by atoms with van der Waals surface area (Å²) in [6, 6.07) is 5.38. The molecule has 0 unspecified atom stereocenters. The number of fused-ring (bicyclic) bond motifs is 1. The summed E-state index contributed by atoms with van der Waals surface area (Å²) in [4.78, 5) is 44.5. The first-order valence-electron chi connectivity index (χ1n) is 12.7. The summed E-state index contributed by atoms with van der Waals surface area (Å²) in [5.74, 6) is -2.65. The average Bonchev–Trinajstić information content (AvgIpc) is 3.48. The molecular formula is C27H35ClN2O6. The van der Waals surface area contributed by atoms with Gasteiger partial charge in [0.15, 0.2) is 0 Å². The van der Waals surface area contributed by atoms with Crippen LogP contribution in [-0.2, 0) is 23.9 Å². The van der Waals surface area contributed by atoms with Crippen molar-refractivity contribution in [3.8, 4) is 0 Å². The number of hydrogen-bond donors (Lipinski definition) is 1. The van der Waals surface area contributed by atoms with Crippen LogP contribution < -0.4 is 4.90 Å². The van der Waals surface area contributed by atoms with Crippen LogP contribution in [0.2, 0.25) is 5.02 Å². The molecule has 1 spiro atoms. The number of carbonyl (C=O) groups is 3. The number of halogens is 1. The molecule has 6 atom stereocenters. The molecule has 1 aromatic rings. The van der Waals surface area contributed by atoms with Crippen molar-refractivity contribution in [1.29, 1.82) is 0 Å². The number of benzene rings is 1.